The molecular formula is C17H17FN6O2. The Morgan fingerprint density at radius 1 is 1.38 bits per heavy atom. The Labute approximate surface area is 148 Å². The summed E-state index contributed by atoms with van der Waals surface area (Å²) >= 11 is 0. The first-order valence-electron chi connectivity index (χ1n) is 7.71. The van der Waals surface area contributed by atoms with Crippen LogP contribution >= 0.6 is 0 Å². The second-order valence-corrected chi connectivity index (χ2v) is 5.59. The van der Waals surface area contributed by atoms with Crippen molar-refractivity contribution in [2.24, 2.45) is 5.73 Å². The van der Waals surface area contributed by atoms with E-state index in [1.165, 1.54) is 24.1 Å². The second kappa shape index (κ2) is 7.18. The fourth-order valence-electron chi connectivity index (χ4n) is 2.41. The zero-order valence-electron chi connectivity index (χ0n) is 14.2. The SMILES string of the molecule is COc1ccc(-c2nc(Nc3cnn(CC(N)=O)c3)ncc2C)cc1F. The lowest BCUT2D eigenvalue weighted by molar-refractivity contribution is -0.118. The van der Waals surface area contributed by atoms with Gasteiger partial charge in [0.1, 0.15) is 6.54 Å². The van der Waals surface area contributed by atoms with Crippen molar-refractivity contribution in [1.82, 2.24) is 19.7 Å². The van der Waals surface area contributed by atoms with E-state index < -0.39 is 11.7 Å². The number of rotatable bonds is 6. The van der Waals surface area contributed by atoms with E-state index in [1.54, 1.807) is 24.5 Å². The van der Waals surface area contributed by atoms with Crippen LogP contribution in [-0.4, -0.2) is 32.8 Å². The van der Waals surface area contributed by atoms with E-state index in [4.69, 9.17) is 10.5 Å². The van der Waals surface area contributed by atoms with Gasteiger partial charge in [-0.25, -0.2) is 14.4 Å². The van der Waals surface area contributed by atoms with Crippen LogP contribution in [0.3, 0.4) is 0 Å². The number of carbonyl (C=O) groups is 1. The minimum absolute atomic E-state index is 0.0210. The maximum atomic E-state index is 14.0. The minimum atomic E-state index is -0.491. The van der Waals surface area contributed by atoms with Crippen LogP contribution in [0.5, 0.6) is 5.75 Å². The van der Waals surface area contributed by atoms with Crippen molar-refractivity contribution in [1.29, 1.82) is 0 Å². The standard InChI is InChI=1S/C17H17FN6O2/c1-10-6-20-17(22-12-7-21-24(8-12)9-15(19)25)23-16(10)11-3-4-14(26-2)13(18)5-11/h3-8H,9H2,1-2H3,(H2,19,25)(H,20,22,23). The maximum absolute atomic E-state index is 14.0. The van der Waals surface area contributed by atoms with Crippen LogP contribution in [-0.2, 0) is 11.3 Å². The van der Waals surface area contributed by atoms with Crippen LogP contribution in [0, 0.1) is 12.7 Å². The molecule has 3 N–H and O–H groups in total. The molecule has 0 aliphatic rings. The number of primary amides is 1. The molecular weight excluding hydrogens is 339 g/mol. The highest BCUT2D eigenvalue weighted by atomic mass is 19.1. The first-order valence-corrected chi connectivity index (χ1v) is 7.71. The number of hydrogen-bond acceptors (Lipinski definition) is 6. The number of carbonyl (C=O) groups excluding carboxylic acids is 1. The number of methoxy groups -OCH3 is 1. The second-order valence-electron chi connectivity index (χ2n) is 5.59. The van der Waals surface area contributed by atoms with Crippen LogP contribution in [0.4, 0.5) is 16.0 Å². The van der Waals surface area contributed by atoms with Gasteiger partial charge in [0.15, 0.2) is 11.6 Å². The van der Waals surface area contributed by atoms with Gasteiger partial charge in [0.2, 0.25) is 11.9 Å². The molecule has 8 nitrogen and oxygen atoms in total. The van der Waals surface area contributed by atoms with Crippen molar-refractivity contribution < 1.29 is 13.9 Å². The molecule has 2 heterocycles. The number of nitrogens with zero attached hydrogens (tertiary/aromatic N) is 4. The minimum Gasteiger partial charge on any atom is -0.494 e. The van der Waals surface area contributed by atoms with Gasteiger partial charge in [-0.15, -0.1) is 0 Å². The molecule has 1 amide bonds. The number of halogens is 1. The molecule has 3 rings (SSSR count). The number of anilines is 2. The summed E-state index contributed by atoms with van der Waals surface area (Å²) in [5.41, 5.74) is 7.73. The lowest BCUT2D eigenvalue weighted by atomic mass is 10.1. The van der Waals surface area contributed by atoms with E-state index in [1.807, 2.05) is 6.92 Å². The Hall–Kier alpha value is -3.49. The van der Waals surface area contributed by atoms with Gasteiger partial charge < -0.3 is 15.8 Å². The number of ether oxygens (including phenoxy) is 1. The van der Waals surface area contributed by atoms with Crippen molar-refractivity contribution in [2.45, 2.75) is 13.5 Å². The van der Waals surface area contributed by atoms with Crippen molar-refractivity contribution in [2.75, 3.05) is 12.4 Å². The maximum Gasteiger partial charge on any atom is 0.239 e. The number of aryl methyl sites for hydroxylation is 1. The third-order valence-electron chi connectivity index (χ3n) is 3.60. The number of nitrogens with two attached hydrogens (primary N) is 1. The van der Waals surface area contributed by atoms with Gasteiger partial charge >= 0.3 is 0 Å². The Kier molecular flexibility index (Phi) is 4.78. The molecule has 0 saturated heterocycles. The quantitative estimate of drug-likeness (QED) is 0.700. The first kappa shape index (κ1) is 17.3. The van der Waals surface area contributed by atoms with E-state index in [0.717, 1.165) is 5.56 Å². The molecule has 9 heteroatoms. The summed E-state index contributed by atoms with van der Waals surface area (Å²) in [6, 6.07) is 4.64. The normalized spacial score (nSPS) is 10.6. The summed E-state index contributed by atoms with van der Waals surface area (Å²) in [4.78, 5) is 19.6. The summed E-state index contributed by atoms with van der Waals surface area (Å²) < 4.78 is 20.3. The van der Waals surface area contributed by atoms with E-state index in [-0.39, 0.29) is 12.3 Å². The van der Waals surface area contributed by atoms with Crippen LogP contribution in [0.15, 0.2) is 36.8 Å². The predicted octanol–water partition coefficient (Wildman–Crippen LogP) is 2.03. The topological polar surface area (TPSA) is 108 Å². The van der Waals surface area contributed by atoms with Gasteiger partial charge in [-0.2, -0.15) is 5.10 Å². The highest BCUT2D eigenvalue weighted by Crippen LogP contribution is 2.27. The third kappa shape index (κ3) is 3.77. The number of hydrogen-bond donors (Lipinski definition) is 2. The molecule has 0 spiro atoms. The van der Waals surface area contributed by atoms with Gasteiger partial charge in [0.25, 0.3) is 0 Å². The monoisotopic (exact) mass is 356 g/mol. The van der Waals surface area contributed by atoms with Crippen LogP contribution in [0.25, 0.3) is 11.3 Å². The van der Waals surface area contributed by atoms with Gasteiger partial charge in [0, 0.05) is 18.0 Å². The number of benzene rings is 1. The lowest BCUT2D eigenvalue weighted by Gasteiger charge is -2.09. The fraction of sp³-hybridized carbons (Fsp3) is 0.176. The molecule has 0 bridgehead atoms. The Bertz CT molecular complexity index is 956. The summed E-state index contributed by atoms with van der Waals surface area (Å²) in [7, 11) is 1.41. The summed E-state index contributed by atoms with van der Waals surface area (Å²) in [5.74, 6) is -0.471. The number of aromatic nitrogens is 4. The molecule has 0 saturated carbocycles. The van der Waals surface area contributed by atoms with Crippen LogP contribution < -0.4 is 15.8 Å². The molecule has 0 aliphatic carbocycles. The molecule has 2 aromatic heterocycles. The van der Waals surface area contributed by atoms with E-state index in [2.05, 4.69) is 20.4 Å². The highest BCUT2D eigenvalue weighted by molar-refractivity contribution is 5.73. The zero-order chi connectivity index (χ0) is 18.7. The third-order valence-corrected chi connectivity index (χ3v) is 3.60. The average Bonchev–Trinajstić information content (AvgIpc) is 3.02. The molecule has 3 aromatic rings. The van der Waals surface area contributed by atoms with Crippen molar-refractivity contribution in [3.63, 3.8) is 0 Å². The molecule has 26 heavy (non-hydrogen) atoms. The van der Waals surface area contributed by atoms with Gasteiger partial charge in [0.05, 0.1) is 24.7 Å². The zero-order valence-corrected chi connectivity index (χ0v) is 14.2. The molecule has 134 valence electrons. The number of amides is 1. The fourth-order valence-corrected chi connectivity index (χ4v) is 2.41. The van der Waals surface area contributed by atoms with Crippen LogP contribution in [0.1, 0.15) is 5.56 Å². The van der Waals surface area contributed by atoms with E-state index in [0.29, 0.717) is 22.9 Å². The Morgan fingerprint density at radius 2 is 2.19 bits per heavy atom. The van der Waals surface area contributed by atoms with Crippen LogP contribution in [0.2, 0.25) is 0 Å². The summed E-state index contributed by atoms with van der Waals surface area (Å²) in [6.45, 7) is 1.82. The Morgan fingerprint density at radius 3 is 2.88 bits per heavy atom. The average molecular weight is 356 g/mol. The smallest absolute Gasteiger partial charge is 0.239 e. The molecule has 0 radical (unpaired) electrons. The molecule has 0 unspecified atom stereocenters. The number of nitrogens with one attached hydrogen (secondary N) is 1. The lowest BCUT2D eigenvalue weighted by Crippen LogP contribution is -2.18. The van der Waals surface area contributed by atoms with Crippen molar-refractivity contribution in [3.8, 4) is 17.0 Å². The van der Waals surface area contributed by atoms with Gasteiger partial charge in [-0.05, 0) is 30.7 Å². The van der Waals surface area contributed by atoms with E-state index >= 15 is 0 Å². The predicted molar refractivity (Wildman–Crippen MR) is 93.4 cm³/mol. The molecule has 1 aromatic carbocycles. The summed E-state index contributed by atoms with van der Waals surface area (Å²) in [5, 5.41) is 7.01. The van der Waals surface area contributed by atoms with Crippen molar-refractivity contribution >= 4 is 17.5 Å². The van der Waals surface area contributed by atoms with Crippen molar-refractivity contribution in [3.05, 3.63) is 48.2 Å². The van der Waals surface area contributed by atoms with Gasteiger partial charge in [-0.3, -0.25) is 9.48 Å². The molecule has 0 aliphatic heterocycles. The Balaban J connectivity index is 1.87. The van der Waals surface area contributed by atoms with Gasteiger partial charge in [-0.1, -0.05) is 0 Å². The van der Waals surface area contributed by atoms with E-state index in [9.17, 15) is 9.18 Å². The first-order chi connectivity index (χ1) is 12.5. The molecule has 0 atom stereocenters. The highest BCUT2D eigenvalue weighted by Gasteiger charge is 2.11. The molecule has 0 fully saturated rings. The summed E-state index contributed by atoms with van der Waals surface area (Å²) in [6.07, 6.45) is 4.78. The largest absolute Gasteiger partial charge is 0.494 e.